The molecule has 6 heteroatoms. The zero-order chi connectivity index (χ0) is 15.5. The summed E-state index contributed by atoms with van der Waals surface area (Å²) in [6.07, 6.45) is 2.36. The maximum absolute atomic E-state index is 12.2. The average Bonchev–Trinajstić information content (AvgIpc) is 3.10. The molecule has 0 unspecified atom stereocenters. The van der Waals surface area contributed by atoms with E-state index in [9.17, 15) is 4.79 Å². The Bertz CT molecular complexity index is 803. The van der Waals surface area contributed by atoms with Crippen molar-refractivity contribution in [3.63, 3.8) is 0 Å². The number of furan rings is 1. The third kappa shape index (κ3) is 2.86. The number of fused-ring (bicyclic) bond motifs is 1. The number of rotatable bonds is 5. The summed E-state index contributed by atoms with van der Waals surface area (Å²) in [4.78, 5) is 12.2. The molecular weight excluding hydrogens is 280 g/mol. The molecule has 2 heterocycles. The topological polar surface area (TPSA) is 73.0 Å². The fourth-order valence-electron chi connectivity index (χ4n) is 2.44. The summed E-state index contributed by atoms with van der Waals surface area (Å²) in [7, 11) is 0. The number of carbonyl (C=O) groups is 1. The van der Waals surface area contributed by atoms with Crippen molar-refractivity contribution in [3.05, 3.63) is 47.7 Å². The Morgan fingerprint density at radius 3 is 3.05 bits per heavy atom. The zero-order valence-corrected chi connectivity index (χ0v) is 12.7. The molecule has 1 amide bonds. The molecule has 22 heavy (non-hydrogen) atoms. The van der Waals surface area contributed by atoms with E-state index in [0.717, 1.165) is 29.1 Å². The number of amides is 1. The number of aromatic nitrogens is 3. The summed E-state index contributed by atoms with van der Waals surface area (Å²) in [5, 5.41) is 11.8. The predicted octanol–water partition coefficient (Wildman–Crippen LogP) is 2.33. The number of benzene rings is 1. The molecule has 0 fully saturated rings. The van der Waals surface area contributed by atoms with E-state index in [2.05, 4.69) is 15.5 Å². The Hall–Kier alpha value is -2.63. The summed E-state index contributed by atoms with van der Waals surface area (Å²) in [6.45, 7) is 5.28. The van der Waals surface area contributed by atoms with E-state index in [0.29, 0.717) is 18.5 Å². The van der Waals surface area contributed by atoms with E-state index in [4.69, 9.17) is 4.42 Å². The van der Waals surface area contributed by atoms with Gasteiger partial charge in [-0.15, -0.1) is 10.2 Å². The summed E-state index contributed by atoms with van der Waals surface area (Å²) in [5.74, 6) is 1.62. The van der Waals surface area contributed by atoms with Gasteiger partial charge in [0.25, 0.3) is 5.91 Å². The van der Waals surface area contributed by atoms with Crippen LogP contribution in [-0.2, 0) is 13.0 Å². The van der Waals surface area contributed by atoms with Gasteiger partial charge in [-0.1, -0.05) is 0 Å². The van der Waals surface area contributed by atoms with Crippen molar-refractivity contribution in [2.24, 2.45) is 0 Å². The summed E-state index contributed by atoms with van der Waals surface area (Å²) < 4.78 is 7.47. The van der Waals surface area contributed by atoms with E-state index < -0.39 is 0 Å². The number of hydrogen-bond donors (Lipinski definition) is 1. The monoisotopic (exact) mass is 298 g/mol. The molecule has 0 aliphatic heterocycles. The van der Waals surface area contributed by atoms with Gasteiger partial charge in [-0.25, -0.2) is 0 Å². The first-order valence-electron chi connectivity index (χ1n) is 7.32. The second kappa shape index (κ2) is 6.01. The highest BCUT2D eigenvalue weighted by Gasteiger charge is 2.09. The van der Waals surface area contributed by atoms with Crippen molar-refractivity contribution in [2.45, 2.75) is 26.8 Å². The first-order valence-corrected chi connectivity index (χ1v) is 7.32. The maximum atomic E-state index is 12.2. The van der Waals surface area contributed by atoms with Gasteiger partial charge in [0.1, 0.15) is 23.5 Å². The SMILES string of the molecule is CCn1cnnc1CCNC(=O)c1ccc2oc(C)cc2c1. The Balaban J connectivity index is 1.63. The van der Waals surface area contributed by atoms with Crippen molar-refractivity contribution in [1.29, 1.82) is 0 Å². The average molecular weight is 298 g/mol. The van der Waals surface area contributed by atoms with Gasteiger partial charge in [-0.2, -0.15) is 0 Å². The standard InChI is InChI=1S/C16H18N4O2/c1-3-20-10-18-19-15(20)6-7-17-16(21)12-4-5-14-13(9-12)8-11(2)22-14/h4-5,8-10H,3,6-7H2,1-2H3,(H,17,21). The van der Waals surface area contributed by atoms with Crippen molar-refractivity contribution in [1.82, 2.24) is 20.1 Å². The molecule has 0 aliphatic rings. The molecule has 3 rings (SSSR count). The Kier molecular flexibility index (Phi) is 3.91. The van der Waals surface area contributed by atoms with Gasteiger partial charge in [0.05, 0.1) is 0 Å². The number of hydrogen-bond acceptors (Lipinski definition) is 4. The first kappa shape index (κ1) is 14.3. The van der Waals surface area contributed by atoms with Crippen LogP contribution in [0.15, 0.2) is 35.0 Å². The van der Waals surface area contributed by atoms with Crippen molar-refractivity contribution in [2.75, 3.05) is 6.54 Å². The number of nitrogens with one attached hydrogen (secondary N) is 1. The molecule has 3 aromatic rings. The molecule has 1 aromatic carbocycles. The van der Waals surface area contributed by atoms with Gasteiger partial charge < -0.3 is 14.3 Å². The van der Waals surface area contributed by atoms with Crippen LogP contribution >= 0.6 is 0 Å². The van der Waals surface area contributed by atoms with Crippen LogP contribution in [0, 0.1) is 6.92 Å². The molecule has 0 radical (unpaired) electrons. The summed E-state index contributed by atoms with van der Waals surface area (Å²) in [5.41, 5.74) is 1.43. The fraction of sp³-hybridized carbons (Fsp3) is 0.312. The van der Waals surface area contributed by atoms with E-state index in [1.165, 1.54) is 0 Å². The number of carbonyl (C=O) groups excluding carboxylic acids is 1. The lowest BCUT2D eigenvalue weighted by molar-refractivity contribution is 0.0954. The molecule has 0 atom stereocenters. The molecule has 0 bridgehead atoms. The Labute approximate surface area is 128 Å². The second-order valence-corrected chi connectivity index (χ2v) is 5.15. The van der Waals surface area contributed by atoms with Crippen LogP contribution in [0.2, 0.25) is 0 Å². The van der Waals surface area contributed by atoms with Gasteiger partial charge in [-0.3, -0.25) is 4.79 Å². The van der Waals surface area contributed by atoms with Gasteiger partial charge in [0.15, 0.2) is 0 Å². The molecule has 0 aliphatic carbocycles. The van der Waals surface area contributed by atoms with Crippen LogP contribution in [0.25, 0.3) is 11.0 Å². The smallest absolute Gasteiger partial charge is 0.251 e. The lowest BCUT2D eigenvalue weighted by atomic mass is 10.1. The zero-order valence-electron chi connectivity index (χ0n) is 12.7. The van der Waals surface area contributed by atoms with Crippen LogP contribution in [0.3, 0.4) is 0 Å². The molecule has 0 spiro atoms. The lowest BCUT2D eigenvalue weighted by Crippen LogP contribution is -2.26. The highest BCUT2D eigenvalue weighted by Crippen LogP contribution is 2.20. The fourth-order valence-corrected chi connectivity index (χ4v) is 2.44. The van der Waals surface area contributed by atoms with Crippen molar-refractivity contribution in [3.8, 4) is 0 Å². The van der Waals surface area contributed by atoms with E-state index in [1.54, 1.807) is 12.4 Å². The van der Waals surface area contributed by atoms with E-state index in [1.807, 2.05) is 36.6 Å². The minimum atomic E-state index is -0.0942. The van der Waals surface area contributed by atoms with E-state index >= 15 is 0 Å². The van der Waals surface area contributed by atoms with Crippen LogP contribution < -0.4 is 5.32 Å². The van der Waals surface area contributed by atoms with Gasteiger partial charge in [-0.05, 0) is 38.1 Å². The van der Waals surface area contributed by atoms with Crippen molar-refractivity contribution < 1.29 is 9.21 Å². The van der Waals surface area contributed by atoms with Crippen LogP contribution in [0.5, 0.6) is 0 Å². The normalized spacial score (nSPS) is 11.0. The predicted molar refractivity (Wildman–Crippen MR) is 82.7 cm³/mol. The Morgan fingerprint density at radius 2 is 2.23 bits per heavy atom. The largest absolute Gasteiger partial charge is 0.461 e. The molecule has 2 aromatic heterocycles. The van der Waals surface area contributed by atoms with Crippen LogP contribution in [0.1, 0.15) is 28.9 Å². The molecule has 6 nitrogen and oxygen atoms in total. The number of nitrogens with zero attached hydrogens (tertiary/aromatic N) is 3. The van der Waals surface area contributed by atoms with Gasteiger partial charge in [0, 0.05) is 30.5 Å². The maximum Gasteiger partial charge on any atom is 0.251 e. The highest BCUT2D eigenvalue weighted by atomic mass is 16.3. The summed E-state index contributed by atoms with van der Waals surface area (Å²) in [6, 6.07) is 7.37. The highest BCUT2D eigenvalue weighted by molar-refractivity contribution is 5.97. The van der Waals surface area contributed by atoms with Gasteiger partial charge >= 0.3 is 0 Å². The van der Waals surface area contributed by atoms with Crippen molar-refractivity contribution >= 4 is 16.9 Å². The molecular formula is C16H18N4O2. The first-order chi connectivity index (χ1) is 10.7. The Morgan fingerprint density at radius 1 is 1.36 bits per heavy atom. The minimum Gasteiger partial charge on any atom is -0.461 e. The third-order valence-corrected chi connectivity index (χ3v) is 3.57. The summed E-state index contributed by atoms with van der Waals surface area (Å²) >= 11 is 0. The minimum absolute atomic E-state index is 0.0942. The molecule has 1 N–H and O–H groups in total. The third-order valence-electron chi connectivity index (χ3n) is 3.57. The second-order valence-electron chi connectivity index (χ2n) is 5.15. The molecule has 0 saturated heterocycles. The quantitative estimate of drug-likeness (QED) is 0.784. The van der Waals surface area contributed by atoms with Crippen LogP contribution in [-0.4, -0.2) is 27.2 Å². The molecule has 0 saturated carbocycles. The lowest BCUT2D eigenvalue weighted by Gasteiger charge is -2.06. The molecule has 114 valence electrons. The van der Waals surface area contributed by atoms with Crippen LogP contribution in [0.4, 0.5) is 0 Å². The van der Waals surface area contributed by atoms with Gasteiger partial charge in [0.2, 0.25) is 0 Å². The van der Waals surface area contributed by atoms with E-state index in [-0.39, 0.29) is 5.91 Å². The number of aryl methyl sites for hydroxylation is 2.